The Kier molecular flexibility index (Phi) is 5.87. The van der Waals surface area contributed by atoms with Gasteiger partial charge in [0.25, 0.3) is 0 Å². The number of nitrogens with zero attached hydrogens (tertiary/aromatic N) is 3. The number of carboxylic acid groups (broad SMARTS) is 1. The van der Waals surface area contributed by atoms with Crippen molar-refractivity contribution in [2.75, 3.05) is 0 Å². The number of rotatable bonds is 5. The number of aliphatic hydroxyl groups is 1. The quantitative estimate of drug-likeness (QED) is 0.335. The van der Waals surface area contributed by atoms with E-state index in [1.807, 2.05) is 0 Å². The van der Waals surface area contributed by atoms with Crippen LogP contribution in [0.25, 0.3) is 10.4 Å². The second kappa shape index (κ2) is 8.02. The maximum absolute atomic E-state index is 11.4. The summed E-state index contributed by atoms with van der Waals surface area (Å²) in [6.45, 7) is 7.15. The van der Waals surface area contributed by atoms with E-state index in [0.29, 0.717) is 35.5 Å². The van der Waals surface area contributed by atoms with Gasteiger partial charge in [-0.05, 0) is 110 Å². The Morgan fingerprint density at radius 3 is 2.53 bits per heavy atom. The van der Waals surface area contributed by atoms with Crippen molar-refractivity contribution in [1.29, 1.82) is 0 Å². The normalized spacial score (nSPS) is 48.6. The molecule has 0 unspecified atom stereocenters. The molecule has 30 heavy (non-hydrogen) atoms. The molecule has 6 nitrogen and oxygen atoms in total. The molecule has 4 aliphatic carbocycles. The number of azide groups is 1. The zero-order valence-electron chi connectivity index (χ0n) is 18.8. The lowest BCUT2D eigenvalue weighted by atomic mass is 9.43. The Morgan fingerprint density at radius 2 is 1.83 bits per heavy atom. The zero-order valence-corrected chi connectivity index (χ0v) is 18.8. The van der Waals surface area contributed by atoms with Crippen LogP contribution in [0.1, 0.15) is 85.0 Å². The third kappa shape index (κ3) is 3.44. The minimum absolute atomic E-state index is 0.0941. The van der Waals surface area contributed by atoms with E-state index in [9.17, 15) is 9.90 Å². The van der Waals surface area contributed by atoms with Gasteiger partial charge in [0.2, 0.25) is 0 Å². The van der Waals surface area contributed by atoms with E-state index in [0.717, 1.165) is 32.1 Å². The predicted molar refractivity (Wildman–Crippen MR) is 116 cm³/mol. The molecular weight excluding hydrogens is 378 g/mol. The summed E-state index contributed by atoms with van der Waals surface area (Å²) in [5.41, 5.74) is 9.34. The van der Waals surface area contributed by atoms with E-state index in [-0.39, 0.29) is 29.4 Å². The molecule has 0 aromatic rings. The fourth-order valence-electron chi connectivity index (χ4n) is 8.91. The van der Waals surface area contributed by atoms with E-state index in [1.165, 1.54) is 25.7 Å². The van der Waals surface area contributed by atoms with Crippen LogP contribution in [0.5, 0.6) is 0 Å². The summed E-state index contributed by atoms with van der Waals surface area (Å²) in [5, 5.41) is 24.5. The summed E-state index contributed by atoms with van der Waals surface area (Å²) in [5.74, 6) is 2.24. The summed E-state index contributed by atoms with van der Waals surface area (Å²) >= 11 is 0. The van der Waals surface area contributed by atoms with Crippen LogP contribution >= 0.6 is 0 Å². The number of aliphatic carboxylic acids is 1. The minimum Gasteiger partial charge on any atom is -0.481 e. The van der Waals surface area contributed by atoms with Crippen LogP contribution in [0.2, 0.25) is 0 Å². The third-order valence-electron chi connectivity index (χ3n) is 10.4. The summed E-state index contributed by atoms with van der Waals surface area (Å²) in [7, 11) is 0. The van der Waals surface area contributed by atoms with Crippen molar-refractivity contribution in [3.63, 3.8) is 0 Å². The van der Waals surface area contributed by atoms with Gasteiger partial charge in [-0.25, -0.2) is 0 Å². The highest BCUT2D eigenvalue weighted by atomic mass is 16.4. The number of carbonyl (C=O) groups is 1. The number of carboxylic acids is 1. The number of fused-ring (bicyclic) bond motifs is 5. The topological polar surface area (TPSA) is 106 Å². The molecule has 0 spiro atoms. The number of hydrogen-bond donors (Lipinski definition) is 2. The average Bonchev–Trinajstić information content (AvgIpc) is 3.04. The highest BCUT2D eigenvalue weighted by molar-refractivity contribution is 5.66. The molecule has 4 saturated carbocycles. The van der Waals surface area contributed by atoms with E-state index in [4.69, 9.17) is 10.6 Å². The van der Waals surface area contributed by atoms with Crippen molar-refractivity contribution in [2.45, 2.75) is 97.1 Å². The van der Waals surface area contributed by atoms with Gasteiger partial charge in [-0.3, -0.25) is 4.79 Å². The van der Waals surface area contributed by atoms with E-state index < -0.39 is 5.97 Å². The fraction of sp³-hybridized carbons (Fsp3) is 0.958. The van der Waals surface area contributed by atoms with Crippen LogP contribution in [0, 0.1) is 46.3 Å². The lowest BCUT2D eigenvalue weighted by Gasteiger charge is -2.62. The van der Waals surface area contributed by atoms with Crippen molar-refractivity contribution in [1.82, 2.24) is 0 Å². The summed E-state index contributed by atoms with van der Waals surface area (Å²) in [6.07, 6.45) is 9.37. The van der Waals surface area contributed by atoms with Gasteiger partial charge in [-0.15, -0.1) is 0 Å². The molecule has 0 heterocycles. The fourth-order valence-corrected chi connectivity index (χ4v) is 8.91. The van der Waals surface area contributed by atoms with Crippen molar-refractivity contribution in [3.8, 4) is 0 Å². The Labute approximate surface area is 180 Å². The van der Waals surface area contributed by atoms with Gasteiger partial charge in [-0.1, -0.05) is 25.9 Å². The van der Waals surface area contributed by atoms with Crippen molar-refractivity contribution >= 4 is 5.97 Å². The van der Waals surface area contributed by atoms with Crippen LogP contribution in [0.3, 0.4) is 0 Å². The minimum atomic E-state index is -0.691. The Balaban J connectivity index is 1.54. The Hall–Kier alpha value is -1.26. The lowest BCUT2D eigenvalue weighted by Crippen LogP contribution is -2.58. The predicted octanol–water partition coefficient (Wildman–Crippen LogP) is 5.80. The van der Waals surface area contributed by atoms with Crippen molar-refractivity contribution < 1.29 is 15.0 Å². The van der Waals surface area contributed by atoms with Crippen LogP contribution in [-0.4, -0.2) is 28.3 Å². The molecule has 4 aliphatic rings. The van der Waals surface area contributed by atoms with Gasteiger partial charge in [0.05, 0.1) is 6.10 Å². The molecule has 0 amide bonds. The van der Waals surface area contributed by atoms with E-state index >= 15 is 0 Å². The molecular formula is C24H39N3O3. The first-order valence-electron chi connectivity index (χ1n) is 12.1. The SMILES string of the molecule is C[C@H](CCC(=O)O)[C@H]1CC[C@H]2[C@@H]3[C@H](O)C[C@@H]4C[C@@H](N=[N+]=[N-])CC[C@]4(C)[C@H]3CC[C@]12C. The maximum atomic E-state index is 11.4. The molecule has 0 aliphatic heterocycles. The Morgan fingerprint density at radius 1 is 1.13 bits per heavy atom. The molecule has 4 rings (SSSR count). The van der Waals surface area contributed by atoms with Gasteiger partial charge in [0.1, 0.15) is 0 Å². The van der Waals surface area contributed by atoms with Crippen LogP contribution < -0.4 is 0 Å². The van der Waals surface area contributed by atoms with E-state index in [1.54, 1.807) is 0 Å². The van der Waals surface area contributed by atoms with E-state index in [2.05, 4.69) is 30.8 Å². The summed E-state index contributed by atoms with van der Waals surface area (Å²) in [6, 6.07) is 0.0941. The number of aliphatic hydroxyl groups excluding tert-OH is 1. The lowest BCUT2D eigenvalue weighted by molar-refractivity contribution is -0.166. The standard InChI is InChI=1S/C24H39N3O3/c1-14(4-7-21(29)30)17-5-6-18-22-19(9-11-24(17,18)3)23(2)10-8-16(26-27-25)12-15(23)13-20(22)28/h14-20,22,28H,4-13H2,1-3H3,(H,29,30)/t14-,15+,16+,17-,18+,19+,20-,22+,23+,24-/m1/s1. The summed E-state index contributed by atoms with van der Waals surface area (Å²) < 4.78 is 0. The highest BCUT2D eigenvalue weighted by Gasteiger charge is 2.62. The maximum Gasteiger partial charge on any atom is 0.303 e. The monoisotopic (exact) mass is 417 g/mol. The first kappa shape index (κ1) is 22.0. The second-order valence-corrected chi connectivity index (χ2v) is 11.6. The van der Waals surface area contributed by atoms with Crippen LogP contribution in [-0.2, 0) is 4.79 Å². The van der Waals surface area contributed by atoms with Gasteiger partial charge in [0, 0.05) is 17.4 Å². The molecule has 0 aromatic carbocycles. The van der Waals surface area contributed by atoms with Gasteiger partial charge < -0.3 is 10.2 Å². The van der Waals surface area contributed by atoms with Crippen molar-refractivity contribution in [3.05, 3.63) is 10.4 Å². The first-order valence-corrected chi connectivity index (χ1v) is 12.1. The highest BCUT2D eigenvalue weighted by Crippen LogP contribution is 2.68. The molecule has 168 valence electrons. The van der Waals surface area contributed by atoms with Gasteiger partial charge >= 0.3 is 5.97 Å². The van der Waals surface area contributed by atoms with Gasteiger partial charge in [0.15, 0.2) is 0 Å². The second-order valence-electron chi connectivity index (χ2n) is 11.6. The first-order chi connectivity index (χ1) is 14.2. The smallest absolute Gasteiger partial charge is 0.303 e. The number of hydrogen-bond acceptors (Lipinski definition) is 3. The molecule has 6 heteroatoms. The molecule has 0 bridgehead atoms. The molecule has 2 N–H and O–H groups in total. The van der Waals surface area contributed by atoms with Crippen molar-refractivity contribution in [2.24, 2.45) is 51.5 Å². The van der Waals surface area contributed by atoms with Gasteiger partial charge in [-0.2, -0.15) is 0 Å². The largest absolute Gasteiger partial charge is 0.481 e. The third-order valence-corrected chi connectivity index (χ3v) is 10.4. The molecule has 0 saturated heterocycles. The average molecular weight is 418 g/mol. The molecule has 0 radical (unpaired) electrons. The molecule has 10 atom stereocenters. The van der Waals surface area contributed by atoms with Crippen LogP contribution in [0.4, 0.5) is 0 Å². The molecule has 0 aromatic heterocycles. The molecule has 4 fully saturated rings. The van der Waals surface area contributed by atoms with Crippen LogP contribution in [0.15, 0.2) is 5.11 Å². The summed E-state index contributed by atoms with van der Waals surface area (Å²) in [4.78, 5) is 14.1. The Bertz CT molecular complexity index is 722. The zero-order chi connectivity index (χ0) is 21.7.